The summed E-state index contributed by atoms with van der Waals surface area (Å²) in [5.41, 5.74) is -1.51. The van der Waals surface area contributed by atoms with Gasteiger partial charge in [-0.3, -0.25) is 0 Å². The average Bonchev–Trinajstić information content (AvgIpc) is 2.50. The van der Waals surface area contributed by atoms with Crippen LogP contribution in [0.15, 0.2) is 42.6 Å². The third kappa shape index (κ3) is 7.94. The number of rotatable bonds is 4. The third-order valence-electron chi connectivity index (χ3n) is 2.87. The number of amides is 2. The standard InChI is InChI=1S/C20H27NO6/c1-14(16(22)25-13-15-11-9-8-10-12-15)21(17(23)26-19(2,3)4)18(24)27-20(5,6)7/h8-12H,1,13H2,2-7H3. The molecule has 0 radical (unpaired) electrons. The van der Waals surface area contributed by atoms with E-state index < -0.39 is 35.1 Å². The maximum absolute atomic E-state index is 12.4. The first-order valence-corrected chi connectivity index (χ1v) is 8.46. The molecule has 0 saturated carbocycles. The first kappa shape index (κ1) is 22.2. The highest BCUT2D eigenvalue weighted by atomic mass is 16.6. The van der Waals surface area contributed by atoms with E-state index in [0.717, 1.165) is 5.56 Å². The number of carbonyl (C=O) groups is 3. The molecule has 0 fully saturated rings. The van der Waals surface area contributed by atoms with E-state index in [4.69, 9.17) is 14.2 Å². The zero-order valence-corrected chi connectivity index (χ0v) is 16.7. The SMILES string of the molecule is C=C(C(=O)OCc1ccccc1)N(C(=O)OC(C)(C)C)C(=O)OC(C)(C)C. The molecule has 0 unspecified atom stereocenters. The normalized spacial score (nSPS) is 11.3. The predicted molar refractivity (Wildman–Crippen MR) is 99.7 cm³/mol. The van der Waals surface area contributed by atoms with Crippen LogP contribution in [0.2, 0.25) is 0 Å². The smallest absolute Gasteiger partial charge is 0.424 e. The predicted octanol–water partition coefficient (Wildman–Crippen LogP) is 4.42. The maximum atomic E-state index is 12.4. The Morgan fingerprint density at radius 3 is 1.74 bits per heavy atom. The highest BCUT2D eigenvalue weighted by Crippen LogP contribution is 2.18. The fourth-order valence-electron chi connectivity index (χ4n) is 1.81. The Hall–Kier alpha value is -2.83. The summed E-state index contributed by atoms with van der Waals surface area (Å²) in [4.78, 5) is 37.6. The summed E-state index contributed by atoms with van der Waals surface area (Å²) in [5, 5.41) is 0. The first-order chi connectivity index (χ1) is 12.3. The highest BCUT2D eigenvalue weighted by molar-refractivity contribution is 6.00. The largest absolute Gasteiger partial charge is 0.456 e. The van der Waals surface area contributed by atoms with Crippen LogP contribution < -0.4 is 0 Å². The molecule has 0 aliphatic rings. The second kappa shape index (κ2) is 8.70. The van der Waals surface area contributed by atoms with Gasteiger partial charge in [0, 0.05) is 0 Å². The van der Waals surface area contributed by atoms with Crippen LogP contribution in [0.25, 0.3) is 0 Å². The number of hydrogen-bond acceptors (Lipinski definition) is 6. The summed E-state index contributed by atoms with van der Waals surface area (Å²) >= 11 is 0. The van der Waals surface area contributed by atoms with Crippen LogP contribution in [-0.2, 0) is 25.6 Å². The van der Waals surface area contributed by atoms with E-state index in [9.17, 15) is 14.4 Å². The number of carbonyl (C=O) groups excluding carboxylic acids is 3. The molecule has 2 amide bonds. The minimum Gasteiger partial charge on any atom is -0.456 e. The lowest BCUT2D eigenvalue weighted by molar-refractivity contribution is -0.142. The van der Waals surface area contributed by atoms with Gasteiger partial charge < -0.3 is 14.2 Å². The number of benzene rings is 1. The zero-order chi connectivity index (χ0) is 20.8. The van der Waals surface area contributed by atoms with Crippen molar-refractivity contribution in [3.8, 4) is 0 Å². The molecule has 27 heavy (non-hydrogen) atoms. The first-order valence-electron chi connectivity index (χ1n) is 8.46. The van der Waals surface area contributed by atoms with Gasteiger partial charge in [-0.2, -0.15) is 4.90 Å². The zero-order valence-electron chi connectivity index (χ0n) is 16.7. The van der Waals surface area contributed by atoms with Gasteiger partial charge in [-0.15, -0.1) is 0 Å². The molecule has 1 aromatic carbocycles. The van der Waals surface area contributed by atoms with Crippen molar-refractivity contribution in [3.05, 3.63) is 48.2 Å². The van der Waals surface area contributed by atoms with Crippen LogP contribution in [-0.4, -0.2) is 34.3 Å². The van der Waals surface area contributed by atoms with Crippen molar-refractivity contribution < 1.29 is 28.6 Å². The Labute approximate surface area is 159 Å². The molecule has 0 bridgehead atoms. The van der Waals surface area contributed by atoms with Gasteiger partial charge in [0.05, 0.1) is 0 Å². The lowest BCUT2D eigenvalue weighted by Gasteiger charge is -2.28. The van der Waals surface area contributed by atoms with Gasteiger partial charge in [-0.1, -0.05) is 36.9 Å². The number of nitrogens with zero attached hydrogens (tertiary/aromatic N) is 1. The monoisotopic (exact) mass is 377 g/mol. The van der Waals surface area contributed by atoms with E-state index in [1.54, 1.807) is 65.8 Å². The fourth-order valence-corrected chi connectivity index (χ4v) is 1.81. The minimum atomic E-state index is -1.07. The van der Waals surface area contributed by atoms with E-state index in [0.29, 0.717) is 4.90 Å². The number of ether oxygens (including phenoxy) is 3. The fraction of sp³-hybridized carbons (Fsp3) is 0.450. The molecule has 0 aliphatic heterocycles. The highest BCUT2D eigenvalue weighted by Gasteiger charge is 2.36. The van der Waals surface area contributed by atoms with Crippen LogP contribution >= 0.6 is 0 Å². The summed E-state index contributed by atoms with van der Waals surface area (Å²) in [6.07, 6.45) is -2.14. The van der Waals surface area contributed by atoms with Crippen LogP contribution in [0.4, 0.5) is 9.59 Å². The third-order valence-corrected chi connectivity index (χ3v) is 2.87. The van der Waals surface area contributed by atoms with Crippen molar-refractivity contribution in [2.24, 2.45) is 0 Å². The van der Waals surface area contributed by atoms with Gasteiger partial charge in [-0.25, -0.2) is 14.4 Å². The molecule has 148 valence electrons. The van der Waals surface area contributed by atoms with Crippen molar-refractivity contribution in [1.29, 1.82) is 0 Å². The molecule has 0 atom stereocenters. The van der Waals surface area contributed by atoms with Crippen LogP contribution in [0.3, 0.4) is 0 Å². The maximum Gasteiger partial charge on any atom is 0.424 e. The number of hydrogen-bond donors (Lipinski definition) is 0. The van der Waals surface area contributed by atoms with E-state index in [2.05, 4.69) is 6.58 Å². The molecule has 0 aromatic heterocycles. The van der Waals surface area contributed by atoms with Gasteiger partial charge in [0.15, 0.2) is 0 Å². The lowest BCUT2D eigenvalue weighted by atomic mass is 10.2. The van der Waals surface area contributed by atoms with Gasteiger partial charge >= 0.3 is 18.2 Å². The Bertz CT molecular complexity index is 669. The summed E-state index contributed by atoms with van der Waals surface area (Å²) in [7, 11) is 0. The van der Waals surface area contributed by atoms with E-state index in [1.807, 2.05) is 6.07 Å². The van der Waals surface area contributed by atoms with E-state index in [-0.39, 0.29) is 6.61 Å². The topological polar surface area (TPSA) is 82.1 Å². The van der Waals surface area contributed by atoms with E-state index >= 15 is 0 Å². The molecule has 7 heteroatoms. The summed E-state index contributed by atoms with van der Waals surface area (Å²) < 4.78 is 15.5. The van der Waals surface area contributed by atoms with Crippen LogP contribution in [0.5, 0.6) is 0 Å². The molecule has 7 nitrogen and oxygen atoms in total. The lowest BCUT2D eigenvalue weighted by Crippen LogP contribution is -2.44. The molecular formula is C20H27NO6. The second-order valence-electron chi connectivity index (χ2n) is 7.80. The quantitative estimate of drug-likeness (QED) is 0.439. The molecule has 1 aromatic rings. The van der Waals surface area contributed by atoms with Crippen molar-refractivity contribution >= 4 is 18.2 Å². The van der Waals surface area contributed by atoms with Crippen LogP contribution in [0, 0.1) is 0 Å². The van der Waals surface area contributed by atoms with Gasteiger partial charge in [0.2, 0.25) is 0 Å². The van der Waals surface area contributed by atoms with Crippen molar-refractivity contribution in [1.82, 2.24) is 4.90 Å². The van der Waals surface area contributed by atoms with Crippen molar-refractivity contribution in [2.45, 2.75) is 59.4 Å². The number of esters is 1. The summed E-state index contributed by atoms with van der Waals surface area (Å²) in [6.45, 7) is 13.3. The average molecular weight is 377 g/mol. The van der Waals surface area contributed by atoms with Crippen molar-refractivity contribution in [2.75, 3.05) is 0 Å². The van der Waals surface area contributed by atoms with Gasteiger partial charge in [-0.05, 0) is 47.1 Å². The molecule has 1 rings (SSSR count). The minimum absolute atomic E-state index is 0.0326. The van der Waals surface area contributed by atoms with Gasteiger partial charge in [0.25, 0.3) is 0 Å². The van der Waals surface area contributed by atoms with Crippen LogP contribution in [0.1, 0.15) is 47.1 Å². The molecule has 0 N–H and O–H groups in total. The molecular weight excluding hydrogens is 350 g/mol. The molecule has 0 aliphatic carbocycles. The Balaban J connectivity index is 2.95. The second-order valence-corrected chi connectivity index (χ2v) is 7.80. The number of imide groups is 1. The van der Waals surface area contributed by atoms with Crippen molar-refractivity contribution in [3.63, 3.8) is 0 Å². The molecule has 0 heterocycles. The molecule has 0 spiro atoms. The summed E-state index contributed by atoms with van der Waals surface area (Å²) in [5.74, 6) is -0.935. The Kier molecular flexibility index (Phi) is 7.16. The summed E-state index contributed by atoms with van der Waals surface area (Å²) in [6, 6.07) is 8.97. The Morgan fingerprint density at radius 1 is 0.889 bits per heavy atom. The van der Waals surface area contributed by atoms with Gasteiger partial charge in [0.1, 0.15) is 23.5 Å². The Morgan fingerprint density at radius 2 is 1.33 bits per heavy atom. The molecule has 0 saturated heterocycles. The van der Waals surface area contributed by atoms with E-state index in [1.165, 1.54) is 0 Å².